The highest BCUT2D eigenvalue weighted by atomic mass is 19.3. The Morgan fingerprint density at radius 1 is 1.37 bits per heavy atom. The average Bonchev–Trinajstić information content (AvgIpc) is 2.37. The normalized spacial score (nSPS) is 10.8. The second-order valence-electron chi connectivity index (χ2n) is 3.37. The van der Waals surface area contributed by atoms with Gasteiger partial charge in [0.05, 0.1) is 13.7 Å². The Bertz CT molecular complexity index is 458. The molecule has 0 unspecified atom stereocenters. The monoisotopic (exact) mass is 272 g/mol. The van der Waals surface area contributed by atoms with E-state index in [0.29, 0.717) is 5.56 Å². The minimum absolute atomic E-state index is 0.0641. The van der Waals surface area contributed by atoms with Crippen LogP contribution >= 0.6 is 0 Å². The zero-order chi connectivity index (χ0) is 14.3. The molecule has 104 valence electrons. The van der Waals surface area contributed by atoms with E-state index in [4.69, 9.17) is 9.47 Å². The van der Waals surface area contributed by atoms with Gasteiger partial charge in [0.25, 0.3) is 0 Å². The van der Waals surface area contributed by atoms with Gasteiger partial charge in [0.1, 0.15) is 0 Å². The lowest BCUT2D eigenvalue weighted by molar-refractivity contribution is -0.137. The molecule has 19 heavy (non-hydrogen) atoms. The smallest absolute Gasteiger partial charge is 0.387 e. The molecular formula is C13H14F2O4. The van der Waals surface area contributed by atoms with Crippen LogP contribution in [-0.4, -0.2) is 26.3 Å². The van der Waals surface area contributed by atoms with Crippen molar-refractivity contribution in [3.05, 3.63) is 29.8 Å². The van der Waals surface area contributed by atoms with Crippen molar-refractivity contribution < 1.29 is 27.8 Å². The van der Waals surface area contributed by atoms with Crippen molar-refractivity contribution in [3.63, 3.8) is 0 Å². The van der Waals surface area contributed by atoms with Crippen LogP contribution in [-0.2, 0) is 9.53 Å². The van der Waals surface area contributed by atoms with Crippen LogP contribution < -0.4 is 9.47 Å². The maximum Gasteiger partial charge on any atom is 0.387 e. The first-order chi connectivity index (χ1) is 9.06. The second kappa shape index (κ2) is 7.35. The fraction of sp³-hybridized carbons (Fsp3) is 0.308. The Morgan fingerprint density at radius 2 is 2.11 bits per heavy atom. The topological polar surface area (TPSA) is 44.8 Å². The Balaban J connectivity index is 2.84. The molecular weight excluding hydrogens is 258 g/mol. The van der Waals surface area contributed by atoms with E-state index in [0.717, 1.165) is 0 Å². The maximum absolute atomic E-state index is 12.1. The number of methoxy groups -OCH3 is 1. The van der Waals surface area contributed by atoms with Crippen LogP contribution in [0.3, 0.4) is 0 Å². The van der Waals surface area contributed by atoms with E-state index in [-0.39, 0.29) is 18.1 Å². The Morgan fingerprint density at radius 3 is 2.68 bits per heavy atom. The molecule has 0 saturated heterocycles. The number of halogens is 2. The van der Waals surface area contributed by atoms with Crippen molar-refractivity contribution in [3.8, 4) is 11.5 Å². The summed E-state index contributed by atoms with van der Waals surface area (Å²) < 4.78 is 38.2. The highest BCUT2D eigenvalue weighted by Gasteiger charge is 2.10. The fourth-order valence-corrected chi connectivity index (χ4v) is 1.34. The molecule has 0 heterocycles. The van der Waals surface area contributed by atoms with Crippen LogP contribution in [0, 0.1) is 0 Å². The van der Waals surface area contributed by atoms with Crippen LogP contribution in [0.1, 0.15) is 12.5 Å². The Labute approximate surface area is 109 Å². The molecule has 1 aromatic carbocycles. The summed E-state index contributed by atoms with van der Waals surface area (Å²) in [5, 5.41) is 0. The first kappa shape index (κ1) is 14.9. The summed E-state index contributed by atoms with van der Waals surface area (Å²) >= 11 is 0. The molecule has 0 aliphatic heterocycles. The number of ether oxygens (including phenoxy) is 3. The quantitative estimate of drug-likeness (QED) is 0.590. The SMILES string of the molecule is CCOC(=O)C=Cc1ccc(OC(F)F)c(OC)c1. The molecule has 0 N–H and O–H groups in total. The highest BCUT2D eigenvalue weighted by molar-refractivity contribution is 5.87. The largest absolute Gasteiger partial charge is 0.493 e. The average molecular weight is 272 g/mol. The molecule has 0 aromatic heterocycles. The number of benzene rings is 1. The van der Waals surface area contributed by atoms with Crippen LogP contribution in [0.25, 0.3) is 6.08 Å². The predicted molar refractivity (Wildman–Crippen MR) is 65.3 cm³/mol. The van der Waals surface area contributed by atoms with E-state index in [1.165, 1.54) is 37.5 Å². The van der Waals surface area contributed by atoms with Gasteiger partial charge in [-0.25, -0.2) is 4.79 Å². The van der Waals surface area contributed by atoms with E-state index < -0.39 is 12.6 Å². The van der Waals surface area contributed by atoms with Gasteiger partial charge in [0.15, 0.2) is 11.5 Å². The van der Waals surface area contributed by atoms with E-state index in [1.54, 1.807) is 6.92 Å². The molecule has 1 rings (SSSR count). The number of hydrogen-bond acceptors (Lipinski definition) is 4. The van der Waals surface area contributed by atoms with Crippen molar-refractivity contribution in [2.24, 2.45) is 0 Å². The maximum atomic E-state index is 12.1. The third-order valence-corrected chi connectivity index (χ3v) is 2.10. The molecule has 0 amide bonds. The van der Waals surface area contributed by atoms with Crippen molar-refractivity contribution >= 4 is 12.0 Å². The van der Waals surface area contributed by atoms with Crippen molar-refractivity contribution in [1.82, 2.24) is 0 Å². The molecule has 0 spiro atoms. The van der Waals surface area contributed by atoms with Gasteiger partial charge in [0.2, 0.25) is 0 Å². The van der Waals surface area contributed by atoms with Gasteiger partial charge >= 0.3 is 12.6 Å². The van der Waals surface area contributed by atoms with Crippen LogP contribution in [0.5, 0.6) is 11.5 Å². The summed E-state index contributed by atoms with van der Waals surface area (Å²) in [5.74, 6) is -0.383. The molecule has 0 aliphatic rings. The third kappa shape index (κ3) is 4.95. The first-order valence-electron chi connectivity index (χ1n) is 5.54. The highest BCUT2D eigenvalue weighted by Crippen LogP contribution is 2.29. The zero-order valence-corrected chi connectivity index (χ0v) is 10.6. The lowest BCUT2D eigenvalue weighted by Crippen LogP contribution is -2.03. The van der Waals surface area contributed by atoms with Gasteiger partial charge in [-0.15, -0.1) is 0 Å². The first-order valence-corrected chi connectivity index (χ1v) is 5.54. The molecule has 0 atom stereocenters. The standard InChI is InChI=1S/C13H14F2O4/c1-3-18-12(16)7-5-9-4-6-10(19-13(14)15)11(8-9)17-2/h4-8,13H,3H2,1-2H3. The summed E-state index contributed by atoms with van der Waals surface area (Å²) in [6.45, 7) is -0.936. The molecule has 0 radical (unpaired) electrons. The van der Waals surface area contributed by atoms with Crippen LogP contribution in [0.15, 0.2) is 24.3 Å². The van der Waals surface area contributed by atoms with Gasteiger partial charge in [-0.2, -0.15) is 8.78 Å². The van der Waals surface area contributed by atoms with Gasteiger partial charge in [0, 0.05) is 6.08 Å². The summed E-state index contributed by atoms with van der Waals surface area (Å²) in [6.07, 6.45) is 2.73. The number of esters is 1. The Hall–Kier alpha value is -2.11. The number of alkyl halides is 2. The van der Waals surface area contributed by atoms with E-state index in [9.17, 15) is 13.6 Å². The van der Waals surface area contributed by atoms with E-state index in [2.05, 4.69) is 4.74 Å². The zero-order valence-electron chi connectivity index (χ0n) is 10.6. The molecule has 4 nitrogen and oxygen atoms in total. The number of carbonyl (C=O) groups excluding carboxylic acids is 1. The van der Waals surface area contributed by atoms with Gasteiger partial charge in [-0.1, -0.05) is 6.07 Å². The lowest BCUT2D eigenvalue weighted by atomic mass is 10.2. The third-order valence-electron chi connectivity index (χ3n) is 2.10. The molecule has 6 heteroatoms. The summed E-state index contributed by atoms with van der Waals surface area (Å²) in [7, 11) is 1.34. The fourth-order valence-electron chi connectivity index (χ4n) is 1.34. The molecule has 0 bridgehead atoms. The van der Waals surface area contributed by atoms with E-state index in [1.807, 2.05) is 0 Å². The lowest BCUT2D eigenvalue weighted by Gasteiger charge is -2.10. The molecule has 1 aromatic rings. The van der Waals surface area contributed by atoms with Gasteiger partial charge in [-0.3, -0.25) is 0 Å². The summed E-state index contributed by atoms with van der Waals surface area (Å²) in [4.78, 5) is 11.1. The molecule has 0 aliphatic carbocycles. The van der Waals surface area contributed by atoms with Crippen molar-refractivity contribution in [1.29, 1.82) is 0 Å². The van der Waals surface area contributed by atoms with Crippen molar-refractivity contribution in [2.75, 3.05) is 13.7 Å². The van der Waals surface area contributed by atoms with Gasteiger partial charge < -0.3 is 14.2 Å². The minimum Gasteiger partial charge on any atom is -0.493 e. The predicted octanol–water partition coefficient (Wildman–Crippen LogP) is 2.87. The summed E-state index contributed by atoms with van der Waals surface area (Å²) in [6, 6.07) is 4.35. The number of rotatable bonds is 6. The van der Waals surface area contributed by atoms with Gasteiger partial charge in [-0.05, 0) is 30.7 Å². The number of hydrogen-bond donors (Lipinski definition) is 0. The number of carbonyl (C=O) groups is 1. The molecule has 0 fully saturated rings. The van der Waals surface area contributed by atoms with Crippen molar-refractivity contribution in [2.45, 2.75) is 13.5 Å². The van der Waals surface area contributed by atoms with Crippen LogP contribution in [0.4, 0.5) is 8.78 Å². The van der Waals surface area contributed by atoms with Crippen LogP contribution in [0.2, 0.25) is 0 Å². The molecule has 0 saturated carbocycles. The summed E-state index contributed by atoms with van der Waals surface area (Å²) in [5.41, 5.74) is 0.603. The van der Waals surface area contributed by atoms with E-state index >= 15 is 0 Å². The second-order valence-corrected chi connectivity index (χ2v) is 3.37. The minimum atomic E-state index is -2.92. The Kier molecular flexibility index (Phi) is 5.78.